The third-order valence-electron chi connectivity index (χ3n) is 4.12. The summed E-state index contributed by atoms with van der Waals surface area (Å²) in [6, 6.07) is 8.67. The second-order valence-electron chi connectivity index (χ2n) is 5.67. The number of hydrogen-bond acceptors (Lipinski definition) is 1. The van der Waals surface area contributed by atoms with E-state index in [-0.39, 0.29) is 5.41 Å². The number of hydrogen-bond donors (Lipinski definition) is 2. The quantitative estimate of drug-likeness (QED) is 0.645. The van der Waals surface area contributed by atoms with Gasteiger partial charge < -0.3 is 10.6 Å². The Morgan fingerprint density at radius 2 is 2.00 bits per heavy atom. The van der Waals surface area contributed by atoms with Crippen molar-refractivity contribution in [3.8, 4) is 0 Å². The zero-order valence-electron chi connectivity index (χ0n) is 12.5. The summed E-state index contributed by atoms with van der Waals surface area (Å²) in [4.78, 5) is 4.29. The van der Waals surface area contributed by atoms with Crippen LogP contribution in [0.5, 0.6) is 0 Å². The highest BCUT2D eigenvalue weighted by molar-refractivity contribution is 6.30. The summed E-state index contributed by atoms with van der Waals surface area (Å²) in [5.74, 6) is 0.889. The van der Waals surface area contributed by atoms with Crippen LogP contribution in [0.25, 0.3) is 0 Å². The van der Waals surface area contributed by atoms with Crippen LogP contribution in [-0.2, 0) is 5.41 Å². The molecule has 20 heavy (non-hydrogen) atoms. The summed E-state index contributed by atoms with van der Waals surface area (Å²) >= 11 is 5.96. The number of nitrogens with one attached hydrogen (secondary N) is 2. The average Bonchev–Trinajstić information content (AvgIpc) is 3.25. The van der Waals surface area contributed by atoms with E-state index in [1.165, 1.54) is 18.4 Å². The molecule has 0 spiro atoms. The van der Waals surface area contributed by atoms with Gasteiger partial charge in [-0.2, -0.15) is 0 Å². The van der Waals surface area contributed by atoms with E-state index in [1.807, 2.05) is 19.2 Å². The Kier molecular flexibility index (Phi) is 4.92. The Morgan fingerprint density at radius 3 is 2.50 bits per heavy atom. The van der Waals surface area contributed by atoms with Gasteiger partial charge in [-0.25, -0.2) is 0 Å². The number of rotatable bonds is 5. The van der Waals surface area contributed by atoms with E-state index in [1.54, 1.807) is 0 Å². The standard InChI is InChI=1S/C16H24ClN3/c1-4-12(2)20-15(18-3)19-11-16(9-10-16)13-5-7-14(17)8-6-13/h5-8,12H,4,9-11H2,1-3H3,(H2,18,19,20). The number of halogens is 1. The average molecular weight is 294 g/mol. The summed E-state index contributed by atoms with van der Waals surface area (Å²) in [6.07, 6.45) is 3.53. The van der Waals surface area contributed by atoms with E-state index in [4.69, 9.17) is 11.6 Å². The lowest BCUT2D eigenvalue weighted by Gasteiger charge is -2.21. The maximum absolute atomic E-state index is 5.96. The first-order valence-corrected chi connectivity index (χ1v) is 7.70. The van der Waals surface area contributed by atoms with Gasteiger partial charge in [0.15, 0.2) is 5.96 Å². The monoisotopic (exact) mass is 293 g/mol. The summed E-state index contributed by atoms with van der Waals surface area (Å²) in [5.41, 5.74) is 1.63. The second-order valence-corrected chi connectivity index (χ2v) is 6.10. The molecule has 1 fully saturated rings. The zero-order valence-corrected chi connectivity index (χ0v) is 13.3. The van der Waals surface area contributed by atoms with Gasteiger partial charge in [-0.3, -0.25) is 4.99 Å². The molecule has 1 aliphatic rings. The molecule has 0 aromatic heterocycles. The van der Waals surface area contributed by atoms with Crippen molar-refractivity contribution in [1.82, 2.24) is 10.6 Å². The van der Waals surface area contributed by atoms with Crippen molar-refractivity contribution >= 4 is 17.6 Å². The minimum Gasteiger partial charge on any atom is -0.356 e. The van der Waals surface area contributed by atoms with Crippen molar-refractivity contribution in [2.75, 3.05) is 13.6 Å². The summed E-state index contributed by atoms with van der Waals surface area (Å²) < 4.78 is 0. The molecule has 1 aromatic rings. The van der Waals surface area contributed by atoms with Gasteiger partial charge >= 0.3 is 0 Å². The first-order valence-electron chi connectivity index (χ1n) is 7.33. The fraction of sp³-hybridized carbons (Fsp3) is 0.562. The molecule has 0 amide bonds. The SMILES string of the molecule is CCC(C)NC(=NC)NCC1(c2ccc(Cl)cc2)CC1. The van der Waals surface area contributed by atoms with Crippen LogP contribution >= 0.6 is 11.6 Å². The molecule has 0 heterocycles. The van der Waals surface area contributed by atoms with E-state index in [9.17, 15) is 0 Å². The molecule has 1 atom stereocenters. The third-order valence-corrected chi connectivity index (χ3v) is 4.38. The molecule has 2 N–H and O–H groups in total. The van der Waals surface area contributed by atoms with Gasteiger partial charge in [0, 0.05) is 30.1 Å². The predicted molar refractivity (Wildman–Crippen MR) is 86.6 cm³/mol. The van der Waals surface area contributed by atoms with Crippen molar-refractivity contribution in [2.24, 2.45) is 4.99 Å². The third kappa shape index (κ3) is 3.66. The lowest BCUT2D eigenvalue weighted by Crippen LogP contribution is -2.44. The summed E-state index contributed by atoms with van der Waals surface area (Å²) in [6.45, 7) is 5.25. The van der Waals surface area contributed by atoms with Crippen molar-refractivity contribution in [3.63, 3.8) is 0 Å². The summed E-state index contributed by atoms with van der Waals surface area (Å²) in [5, 5.41) is 7.65. The van der Waals surface area contributed by atoms with Crippen LogP contribution in [0.15, 0.2) is 29.3 Å². The molecule has 1 saturated carbocycles. The van der Waals surface area contributed by atoms with Gasteiger partial charge in [0.05, 0.1) is 0 Å². The van der Waals surface area contributed by atoms with E-state index in [0.717, 1.165) is 23.9 Å². The van der Waals surface area contributed by atoms with Gasteiger partial charge in [-0.05, 0) is 43.9 Å². The molecule has 1 unspecified atom stereocenters. The van der Waals surface area contributed by atoms with Crippen LogP contribution in [0.4, 0.5) is 0 Å². The van der Waals surface area contributed by atoms with Crippen LogP contribution in [0.3, 0.4) is 0 Å². The molecule has 110 valence electrons. The maximum Gasteiger partial charge on any atom is 0.191 e. The van der Waals surface area contributed by atoms with Gasteiger partial charge in [-0.15, -0.1) is 0 Å². The highest BCUT2D eigenvalue weighted by Gasteiger charge is 2.44. The Labute approximate surface area is 126 Å². The smallest absolute Gasteiger partial charge is 0.191 e. The van der Waals surface area contributed by atoms with Crippen LogP contribution < -0.4 is 10.6 Å². The summed E-state index contributed by atoms with van der Waals surface area (Å²) in [7, 11) is 1.82. The van der Waals surface area contributed by atoms with Crippen LogP contribution in [0.1, 0.15) is 38.7 Å². The highest BCUT2D eigenvalue weighted by atomic mass is 35.5. The molecular weight excluding hydrogens is 270 g/mol. The lowest BCUT2D eigenvalue weighted by atomic mass is 9.96. The Bertz CT molecular complexity index is 463. The normalized spacial score (nSPS) is 18.5. The molecule has 0 aliphatic heterocycles. The molecule has 0 bridgehead atoms. The molecule has 1 aliphatic carbocycles. The second kappa shape index (κ2) is 6.49. The zero-order chi connectivity index (χ0) is 14.6. The van der Waals surface area contributed by atoms with Crippen LogP contribution in [0, 0.1) is 0 Å². The van der Waals surface area contributed by atoms with Gasteiger partial charge in [-0.1, -0.05) is 30.7 Å². The Balaban J connectivity index is 1.94. The maximum atomic E-state index is 5.96. The minimum atomic E-state index is 0.262. The number of benzene rings is 1. The van der Waals surface area contributed by atoms with Gasteiger partial charge in [0.2, 0.25) is 0 Å². The van der Waals surface area contributed by atoms with Gasteiger partial charge in [0.1, 0.15) is 0 Å². The van der Waals surface area contributed by atoms with E-state index in [2.05, 4.69) is 41.6 Å². The lowest BCUT2D eigenvalue weighted by molar-refractivity contribution is 0.601. The molecule has 0 radical (unpaired) electrons. The van der Waals surface area contributed by atoms with Crippen molar-refractivity contribution in [3.05, 3.63) is 34.9 Å². The molecule has 4 heteroatoms. The van der Waals surface area contributed by atoms with E-state index < -0.39 is 0 Å². The van der Waals surface area contributed by atoms with Gasteiger partial charge in [0.25, 0.3) is 0 Å². The number of aliphatic imine (C=N–C) groups is 1. The first kappa shape index (κ1) is 15.2. The molecule has 2 rings (SSSR count). The molecule has 0 saturated heterocycles. The fourth-order valence-corrected chi connectivity index (χ4v) is 2.43. The molecule has 3 nitrogen and oxygen atoms in total. The Hall–Kier alpha value is -1.22. The van der Waals surface area contributed by atoms with Crippen molar-refractivity contribution in [1.29, 1.82) is 0 Å². The first-order chi connectivity index (χ1) is 9.59. The van der Waals surface area contributed by atoms with Crippen molar-refractivity contribution < 1.29 is 0 Å². The number of guanidine groups is 1. The fourth-order valence-electron chi connectivity index (χ4n) is 2.30. The highest BCUT2D eigenvalue weighted by Crippen LogP contribution is 2.47. The van der Waals surface area contributed by atoms with E-state index in [0.29, 0.717) is 6.04 Å². The van der Waals surface area contributed by atoms with E-state index >= 15 is 0 Å². The largest absolute Gasteiger partial charge is 0.356 e. The van der Waals surface area contributed by atoms with Crippen molar-refractivity contribution in [2.45, 2.75) is 44.6 Å². The minimum absolute atomic E-state index is 0.262. The predicted octanol–water partition coefficient (Wildman–Crippen LogP) is 3.34. The topological polar surface area (TPSA) is 36.4 Å². The van der Waals surface area contributed by atoms with Crippen LogP contribution in [0.2, 0.25) is 5.02 Å². The molecular formula is C16H24ClN3. The van der Waals surface area contributed by atoms with Crippen LogP contribution in [-0.4, -0.2) is 25.6 Å². The number of nitrogens with zero attached hydrogens (tertiary/aromatic N) is 1. The molecule has 1 aromatic carbocycles. The Morgan fingerprint density at radius 1 is 1.35 bits per heavy atom.